The van der Waals surface area contributed by atoms with Crippen molar-refractivity contribution in [3.63, 3.8) is 0 Å². The average Bonchev–Trinajstić information content (AvgIpc) is 3.03. The quantitative estimate of drug-likeness (QED) is 0.882. The minimum atomic E-state index is -0.131. The average molecular weight is 308 g/mol. The molecule has 0 aliphatic carbocycles. The van der Waals surface area contributed by atoms with E-state index in [2.05, 4.69) is 24.1 Å². The van der Waals surface area contributed by atoms with Crippen molar-refractivity contribution in [2.75, 3.05) is 6.54 Å². The lowest BCUT2D eigenvalue weighted by molar-refractivity contribution is 0.0744. The highest BCUT2D eigenvalue weighted by molar-refractivity contribution is 5.95. The Morgan fingerprint density at radius 1 is 1.22 bits per heavy atom. The lowest BCUT2D eigenvalue weighted by atomic mass is 10.1. The van der Waals surface area contributed by atoms with Gasteiger partial charge in [-0.25, -0.2) is 0 Å². The van der Waals surface area contributed by atoms with E-state index in [0.29, 0.717) is 12.1 Å². The molecular formula is C19H20N2O2. The van der Waals surface area contributed by atoms with Crippen LogP contribution in [0.2, 0.25) is 0 Å². The van der Waals surface area contributed by atoms with Gasteiger partial charge in [0.1, 0.15) is 0 Å². The molecule has 4 heteroatoms. The fraction of sp³-hybridized carbons (Fsp3) is 0.263. The Bertz CT molecular complexity index is 774. The summed E-state index contributed by atoms with van der Waals surface area (Å²) in [7, 11) is 0. The normalized spacial score (nSPS) is 16.7. The number of nitrogens with zero attached hydrogens (tertiary/aromatic N) is 1. The maximum atomic E-state index is 12.7. The van der Waals surface area contributed by atoms with Crippen LogP contribution in [0.4, 0.5) is 0 Å². The van der Waals surface area contributed by atoms with Crippen molar-refractivity contribution in [1.82, 2.24) is 9.88 Å². The zero-order valence-electron chi connectivity index (χ0n) is 13.2. The third-order valence-electron chi connectivity index (χ3n) is 4.12. The van der Waals surface area contributed by atoms with Crippen molar-refractivity contribution in [1.29, 1.82) is 0 Å². The van der Waals surface area contributed by atoms with Gasteiger partial charge in [-0.2, -0.15) is 0 Å². The zero-order chi connectivity index (χ0) is 16.2. The molecule has 23 heavy (non-hydrogen) atoms. The predicted molar refractivity (Wildman–Crippen MR) is 91.4 cm³/mol. The number of nitrogens with one attached hydrogen (secondary N) is 1. The van der Waals surface area contributed by atoms with Crippen LogP contribution >= 0.6 is 0 Å². The Kier molecular flexibility index (Phi) is 4.42. The summed E-state index contributed by atoms with van der Waals surface area (Å²) in [6, 6.07) is 12.6. The molecule has 4 nitrogen and oxygen atoms in total. The van der Waals surface area contributed by atoms with Crippen molar-refractivity contribution in [3.8, 4) is 11.3 Å². The lowest BCUT2D eigenvalue weighted by Gasteiger charge is -2.24. The third-order valence-corrected chi connectivity index (χ3v) is 4.12. The van der Waals surface area contributed by atoms with Gasteiger partial charge in [-0.15, -0.1) is 0 Å². The molecule has 1 atom stereocenters. The van der Waals surface area contributed by atoms with E-state index in [0.717, 1.165) is 24.1 Å². The number of H-pyrrole nitrogens is 1. The molecule has 0 spiro atoms. The lowest BCUT2D eigenvalue weighted by Crippen LogP contribution is -2.35. The predicted octanol–water partition coefficient (Wildman–Crippen LogP) is 3.22. The molecule has 1 aliphatic rings. The van der Waals surface area contributed by atoms with Gasteiger partial charge in [0.15, 0.2) is 0 Å². The molecule has 2 aromatic rings. The molecule has 0 radical (unpaired) electrons. The standard InChI is InChI=1S/C19H20N2O2/c1-2-5-16-6-4-13-21(16)19(23)15-11-9-14(10-12-15)17-7-3-8-18(22)20-17/h3-4,6-12,16H,2,5,13H2,1H3,(H,20,22)/t16-/m0/s1. The van der Waals surface area contributed by atoms with Crippen LogP contribution in [-0.2, 0) is 0 Å². The topological polar surface area (TPSA) is 53.2 Å². The number of carbonyl (C=O) groups is 1. The first-order chi connectivity index (χ1) is 11.2. The molecule has 0 unspecified atom stereocenters. The van der Waals surface area contributed by atoms with Gasteiger partial charge in [0.25, 0.3) is 5.91 Å². The van der Waals surface area contributed by atoms with Gasteiger partial charge in [-0.3, -0.25) is 9.59 Å². The van der Waals surface area contributed by atoms with Gasteiger partial charge in [-0.1, -0.05) is 43.7 Å². The van der Waals surface area contributed by atoms with E-state index >= 15 is 0 Å². The highest BCUT2D eigenvalue weighted by Crippen LogP contribution is 2.21. The van der Waals surface area contributed by atoms with E-state index in [-0.39, 0.29) is 17.5 Å². The van der Waals surface area contributed by atoms with Gasteiger partial charge < -0.3 is 9.88 Å². The number of hydrogen-bond donors (Lipinski definition) is 1. The molecule has 0 saturated heterocycles. The molecule has 2 heterocycles. The molecule has 1 amide bonds. The summed E-state index contributed by atoms with van der Waals surface area (Å²) in [5.74, 6) is 0.0570. The molecule has 1 aromatic heterocycles. The Labute approximate surface area is 135 Å². The number of aromatic amines is 1. The number of pyridine rings is 1. The summed E-state index contributed by atoms with van der Waals surface area (Å²) >= 11 is 0. The van der Waals surface area contributed by atoms with Crippen molar-refractivity contribution in [3.05, 3.63) is 70.5 Å². The molecule has 0 saturated carbocycles. The maximum absolute atomic E-state index is 12.7. The van der Waals surface area contributed by atoms with Gasteiger partial charge in [0.2, 0.25) is 5.56 Å². The minimum absolute atomic E-state index is 0.0570. The van der Waals surface area contributed by atoms with Crippen LogP contribution in [0.5, 0.6) is 0 Å². The van der Waals surface area contributed by atoms with Crippen LogP contribution < -0.4 is 5.56 Å². The van der Waals surface area contributed by atoms with Crippen molar-refractivity contribution in [2.45, 2.75) is 25.8 Å². The van der Waals surface area contributed by atoms with Gasteiger partial charge in [0.05, 0.1) is 6.04 Å². The molecule has 118 valence electrons. The molecule has 1 aliphatic heterocycles. The second-order valence-corrected chi connectivity index (χ2v) is 5.75. The summed E-state index contributed by atoms with van der Waals surface area (Å²) in [5.41, 5.74) is 2.19. The molecule has 1 aromatic carbocycles. The molecule has 3 rings (SSSR count). The zero-order valence-corrected chi connectivity index (χ0v) is 13.2. The summed E-state index contributed by atoms with van der Waals surface area (Å²) in [6.07, 6.45) is 6.22. The summed E-state index contributed by atoms with van der Waals surface area (Å²) in [5, 5.41) is 0. The highest BCUT2D eigenvalue weighted by Gasteiger charge is 2.24. The first-order valence-electron chi connectivity index (χ1n) is 7.96. The Morgan fingerprint density at radius 2 is 2.00 bits per heavy atom. The van der Waals surface area contributed by atoms with Crippen LogP contribution in [0, 0.1) is 0 Å². The van der Waals surface area contributed by atoms with E-state index in [1.807, 2.05) is 35.2 Å². The number of aromatic nitrogens is 1. The van der Waals surface area contributed by atoms with Gasteiger partial charge >= 0.3 is 0 Å². The Balaban J connectivity index is 1.79. The largest absolute Gasteiger partial charge is 0.328 e. The van der Waals surface area contributed by atoms with Crippen molar-refractivity contribution in [2.24, 2.45) is 0 Å². The molecule has 0 bridgehead atoms. The summed E-state index contributed by atoms with van der Waals surface area (Å²) < 4.78 is 0. The first-order valence-corrected chi connectivity index (χ1v) is 7.96. The van der Waals surface area contributed by atoms with Gasteiger partial charge in [0, 0.05) is 23.9 Å². The third kappa shape index (κ3) is 3.26. The fourth-order valence-corrected chi connectivity index (χ4v) is 2.93. The van der Waals surface area contributed by atoms with Crippen LogP contribution in [0.1, 0.15) is 30.1 Å². The molecule has 1 N–H and O–H groups in total. The van der Waals surface area contributed by atoms with Crippen LogP contribution in [0.25, 0.3) is 11.3 Å². The highest BCUT2D eigenvalue weighted by atomic mass is 16.2. The fourth-order valence-electron chi connectivity index (χ4n) is 2.93. The summed E-state index contributed by atoms with van der Waals surface area (Å²) in [4.78, 5) is 28.7. The van der Waals surface area contributed by atoms with Crippen LogP contribution in [0.3, 0.4) is 0 Å². The van der Waals surface area contributed by atoms with Crippen molar-refractivity contribution >= 4 is 5.91 Å². The molecular weight excluding hydrogens is 288 g/mol. The monoisotopic (exact) mass is 308 g/mol. The smallest absolute Gasteiger partial charge is 0.254 e. The number of carbonyl (C=O) groups excluding carboxylic acids is 1. The molecule has 0 fully saturated rings. The van der Waals surface area contributed by atoms with E-state index in [9.17, 15) is 9.59 Å². The summed E-state index contributed by atoms with van der Waals surface area (Å²) in [6.45, 7) is 2.81. The van der Waals surface area contributed by atoms with Crippen LogP contribution in [0.15, 0.2) is 59.4 Å². The van der Waals surface area contributed by atoms with Crippen molar-refractivity contribution < 1.29 is 4.79 Å². The first kappa shape index (κ1) is 15.3. The number of benzene rings is 1. The second-order valence-electron chi connectivity index (χ2n) is 5.75. The van der Waals surface area contributed by atoms with E-state index in [1.54, 1.807) is 6.07 Å². The number of hydrogen-bond acceptors (Lipinski definition) is 2. The maximum Gasteiger partial charge on any atom is 0.254 e. The Hall–Kier alpha value is -2.62. The number of rotatable bonds is 4. The van der Waals surface area contributed by atoms with Crippen LogP contribution in [-0.4, -0.2) is 28.4 Å². The Morgan fingerprint density at radius 3 is 2.70 bits per heavy atom. The SMILES string of the molecule is CCC[C@H]1C=CCN1C(=O)c1ccc(-c2cccc(=O)[nH]2)cc1. The van der Waals surface area contributed by atoms with E-state index in [4.69, 9.17) is 0 Å². The van der Waals surface area contributed by atoms with E-state index < -0.39 is 0 Å². The van der Waals surface area contributed by atoms with E-state index in [1.165, 1.54) is 6.07 Å². The minimum Gasteiger partial charge on any atom is -0.328 e. The van der Waals surface area contributed by atoms with Gasteiger partial charge in [-0.05, 0) is 30.2 Å². The number of amides is 1. The second kappa shape index (κ2) is 6.65.